The standard InChI is InChI=1S/C15H23N3S/c1-11-9-18(10-12(2)19-11)15-13(4-3-7-16-15)8-17-14-5-6-14/h3-4,7,11-12,14,17H,5-6,8-10H2,1-2H3. The molecule has 0 amide bonds. The summed E-state index contributed by atoms with van der Waals surface area (Å²) in [5, 5.41) is 4.98. The molecule has 1 aliphatic heterocycles. The normalized spacial score (nSPS) is 27.6. The zero-order valence-corrected chi connectivity index (χ0v) is 12.6. The summed E-state index contributed by atoms with van der Waals surface area (Å²) >= 11 is 2.09. The highest BCUT2D eigenvalue weighted by Gasteiger charge is 2.25. The molecule has 19 heavy (non-hydrogen) atoms. The fourth-order valence-corrected chi connectivity index (χ4v) is 4.07. The smallest absolute Gasteiger partial charge is 0.133 e. The van der Waals surface area contributed by atoms with Crippen LogP contribution in [0.1, 0.15) is 32.3 Å². The second-order valence-corrected chi connectivity index (χ2v) is 7.69. The van der Waals surface area contributed by atoms with Crippen molar-refractivity contribution in [2.45, 2.75) is 49.8 Å². The molecule has 1 aliphatic carbocycles. The Bertz CT molecular complexity index is 423. The van der Waals surface area contributed by atoms with Crippen molar-refractivity contribution >= 4 is 17.6 Å². The van der Waals surface area contributed by atoms with Crippen molar-refractivity contribution < 1.29 is 0 Å². The molecule has 1 aromatic rings. The van der Waals surface area contributed by atoms with Crippen molar-refractivity contribution in [3.8, 4) is 0 Å². The molecular weight excluding hydrogens is 254 g/mol. The highest BCUT2D eigenvalue weighted by molar-refractivity contribution is 8.00. The van der Waals surface area contributed by atoms with Gasteiger partial charge in [-0.3, -0.25) is 0 Å². The molecular formula is C15H23N3S. The van der Waals surface area contributed by atoms with Gasteiger partial charge in [-0.15, -0.1) is 0 Å². The second-order valence-electron chi connectivity index (χ2n) is 5.80. The molecule has 1 saturated carbocycles. The number of hydrogen-bond donors (Lipinski definition) is 1. The molecule has 2 aliphatic rings. The van der Waals surface area contributed by atoms with Crippen LogP contribution in [-0.4, -0.2) is 34.6 Å². The van der Waals surface area contributed by atoms with E-state index in [0.29, 0.717) is 10.5 Å². The summed E-state index contributed by atoms with van der Waals surface area (Å²) in [4.78, 5) is 7.11. The van der Waals surface area contributed by atoms with Gasteiger partial charge in [0.2, 0.25) is 0 Å². The van der Waals surface area contributed by atoms with Gasteiger partial charge in [-0.25, -0.2) is 4.98 Å². The molecule has 2 fully saturated rings. The zero-order valence-electron chi connectivity index (χ0n) is 11.8. The van der Waals surface area contributed by atoms with E-state index >= 15 is 0 Å². The third-order valence-electron chi connectivity index (χ3n) is 3.75. The number of rotatable bonds is 4. The largest absolute Gasteiger partial charge is 0.354 e. The maximum atomic E-state index is 4.65. The number of anilines is 1. The lowest BCUT2D eigenvalue weighted by molar-refractivity contribution is 0.670. The molecule has 1 aromatic heterocycles. The first-order valence-electron chi connectivity index (χ1n) is 7.30. The first-order valence-corrected chi connectivity index (χ1v) is 8.24. The number of pyridine rings is 1. The van der Waals surface area contributed by atoms with Crippen LogP contribution in [-0.2, 0) is 6.54 Å². The van der Waals surface area contributed by atoms with E-state index in [2.05, 4.69) is 52.9 Å². The van der Waals surface area contributed by atoms with Gasteiger partial charge in [0.25, 0.3) is 0 Å². The average molecular weight is 277 g/mol. The third kappa shape index (κ3) is 3.42. The van der Waals surface area contributed by atoms with Crippen molar-refractivity contribution in [2.75, 3.05) is 18.0 Å². The molecule has 0 aromatic carbocycles. The first kappa shape index (κ1) is 13.3. The molecule has 104 valence electrons. The highest BCUT2D eigenvalue weighted by atomic mass is 32.2. The van der Waals surface area contributed by atoms with E-state index in [9.17, 15) is 0 Å². The maximum absolute atomic E-state index is 4.65. The van der Waals surface area contributed by atoms with E-state index in [1.165, 1.54) is 24.2 Å². The monoisotopic (exact) mass is 277 g/mol. The Hall–Kier alpha value is -0.740. The van der Waals surface area contributed by atoms with Crippen LogP contribution in [0, 0.1) is 0 Å². The SMILES string of the molecule is CC1CN(c2ncccc2CNC2CC2)CC(C)S1. The van der Waals surface area contributed by atoms with Crippen LogP contribution >= 0.6 is 11.8 Å². The van der Waals surface area contributed by atoms with E-state index in [0.717, 1.165) is 25.7 Å². The molecule has 2 unspecified atom stereocenters. The van der Waals surface area contributed by atoms with Gasteiger partial charge < -0.3 is 10.2 Å². The maximum Gasteiger partial charge on any atom is 0.133 e. The van der Waals surface area contributed by atoms with Crippen LogP contribution < -0.4 is 10.2 Å². The Morgan fingerprint density at radius 3 is 2.74 bits per heavy atom. The summed E-state index contributed by atoms with van der Waals surface area (Å²) in [5.74, 6) is 1.19. The lowest BCUT2D eigenvalue weighted by Gasteiger charge is -2.36. The first-order chi connectivity index (χ1) is 9.22. The summed E-state index contributed by atoms with van der Waals surface area (Å²) in [6.45, 7) is 7.82. The Kier molecular flexibility index (Phi) is 3.99. The topological polar surface area (TPSA) is 28.2 Å². The van der Waals surface area contributed by atoms with E-state index in [4.69, 9.17) is 0 Å². The van der Waals surface area contributed by atoms with Crippen LogP contribution in [0.5, 0.6) is 0 Å². The summed E-state index contributed by atoms with van der Waals surface area (Å²) in [6.07, 6.45) is 4.60. The van der Waals surface area contributed by atoms with Crippen molar-refractivity contribution in [2.24, 2.45) is 0 Å². The quantitative estimate of drug-likeness (QED) is 0.916. The van der Waals surface area contributed by atoms with Gasteiger partial charge in [-0.2, -0.15) is 11.8 Å². The summed E-state index contributed by atoms with van der Waals surface area (Å²) in [7, 11) is 0. The van der Waals surface area contributed by atoms with Gasteiger partial charge in [0, 0.05) is 47.9 Å². The number of thioether (sulfide) groups is 1. The molecule has 0 spiro atoms. The van der Waals surface area contributed by atoms with Crippen LogP contribution in [0.4, 0.5) is 5.82 Å². The van der Waals surface area contributed by atoms with Crippen LogP contribution in [0.15, 0.2) is 18.3 Å². The molecule has 1 N–H and O–H groups in total. The number of aromatic nitrogens is 1. The molecule has 0 bridgehead atoms. The summed E-state index contributed by atoms with van der Waals surface area (Å²) < 4.78 is 0. The Balaban J connectivity index is 1.74. The minimum atomic E-state index is 0.690. The molecule has 0 radical (unpaired) electrons. The Labute approximate surface area is 120 Å². The zero-order chi connectivity index (χ0) is 13.2. The van der Waals surface area contributed by atoms with Crippen LogP contribution in [0.2, 0.25) is 0 Å². The minimum absolute atomic E-state index is 0.690. The molecule has 3 rings (SSSR count). The van der Waals surface area contributed by atoms with E-state index < -0.39 is 0 Å². The number of nitrogens with zero attached hydrogens (tertiary/aromatic N) is 2. The Morgan fingerprint density at radius 2 is 2.05 bits per heavy atom. The molecule has 4 heteroatoms. The Morgan fingerprint density at radius 1 is 1.32 bits per heavy atom. The van der Waals surface area contributed by atoms with E-state index in [1.54, 1.807) is 0 Å². The van der Waals surface area contributed by atoms with E-state index in [-0.39, 0.29) is 0 Å². The predicted octanol–water partition coefficient (Wildman–Crippen LogP) is 2.66. The van der Waals surface area contributed by atoms with Gasteiger partial charge in [0.1, 0.15) is 5.82 Å². The van der Waals surface area contributed by atoms with Crippen molar-refractivity contribution in [1.29, 1.82) is 0 Å². The van der Waals surface area contributed by atoms with Crippen LogP contribution in [0.25, 0.3) is 0 Å². The third-order valence-corrected chi connectivity index (χ3v) is 4.97. The fraction of sp³-hybridized carbons (Fsp3) is 0.667. The van der Waals surface area contributed by atoms with E-state index in [1.807, 2.05) is 6.20 Å². The highest BCUT2D eigenvalue weighted by Crippen LogP contribution is 2.29. The van der Waals surface area contributed by atoms with Gasteiger partial charge in [-0.1, -0.05) is 19.9 Å². The van der Waals surface area contributed by atoms with Crippen molar-refractivity contribution in [1.82, 2.24) is 10.3 Å². The van der Waals surface area contributed by atoms with Crippen molar-refractivity contribution in [3.63, 3.8) is 0 Å². The predicted molar refractivity (Wildman–Crippen MR) is 82.8 cm³/mol. The molecule has 3 nitrogen and oxygen atoms in total. The fourth-order valence-electron chi connectivity index (χ4n) is 2.75. The van der Waals surface area contributed by atoms with Crippen LogP contribution in [0.3, 0.4) is 0 Å². The van der Waals surface area contributed by atoms with Gasteiger partial charge in [0.05, 0.1) is 0 Å². The van der Waals surface area contributed by atoms with Gasteiger partial charge in [-0.05, 0) is 18.9 Å². The lowest BCUT2D eigenvalue weighted by Crippen LogP contribution is -2.41. The summed E-state index contributed by atoms with van der Waals surface area (Å²) in [5.41, 5.74) is 1.35. The second kappa shape index (κ2) is 5.71. The van der Waals surface area contributed by atoms with Gasteiger partial charge in [0.15, 0.2) is 0 Å². The molecule has 2 heterocycles. The van der Waals surface area contributed by atoms with Gasteiger partial charge >= 0.3 is 0 Å². The number of hydrogen-bond acceptors (Lipinski definition) is 4. The summed E-state index contributed by atoms with van der Waals surface area (Å²) in [6, 6.07) is 5.02. The average Bonchev–Trinajstić information content (AvgIpc) is 3.19. The lowest BCUT2D eigenvalue weighted by atomic mass is 10.2. The van der Waals surface area contributed by atoms with Crippen molar-refractivity contribution in [3.05, 3.63) is 23.9 Å². The number of nitrogens with one attached hydrogen (secondary N) is 1. The molecule has 2 atom stereocenters. The minimum Gasteiger partial charge on any atom is -0.354 e. The molecule has 1 saturated heterocycles.